The molecular formula is C57H36N4S. The maximum Gasteiger partial charge on any atom is 0.182 e. The van der Waals surface area contributed by atoms with Crippen LogP contribution in [-0.2, 0) is 5.41 Å². The average molecular weight is 809 g/mol. The number of benzene rings is 8. The number of nitrogens with zero attached hydrogens (tertiary/aromatic N) is 4. The second-order valence-electron chi connectivity index (χ2n) is 15.7. The van der Waals surface area contributed by atoms with Gasteiger partial charge in [0.25, 0.3) is 0 Å². The Morgan fingerprint density at radius 2 is 0.935 bits per heavy atom. The van der Waals surface area contributed by atoms with E-state index >= 15 is 0 Å². The summed E-state index contributed by atoms with van der Waals surface area (Å²) in [7, 11) is 0. The van der Waals surface area contributed by atoms with Gasteiger partial charge in [-0.25, -0.2) is 15.0 Å². The lowest BCUT2D eigenvalue weighted by Crippen LogP contribution is -2.28. The van der Waals surface area contributed by atoms with E-state index in [1.807, 2.05) is 35.7 Å². The van der Waals surface area contributed by atoms with Crippen LogP contribution in [-0.4, -0.2) is 19.9 Å². The van der Waals surface area contributed by atoms with Crippen LogP contribution in [0.2, 0.25) is 0 Å². The molecule has 0 fully saturated rings. The molecule has 0 unspecified atom stereocenters. The van der Waals surface area contributed by atoms with E-state index in [0.29, 0.717) is 23.2 Å². The number of rotatable bonds is 7. The second kappa shape index (κ2) is 14.7. The Morgan fingerprint density at radius 1 is 0.355 bits per heavy atom. The van der Waals surface area contributed by atoms with Crippen LogP contribution in [0.25, 0.3) is 87.8 Å². The third kappa shape index (κ3) is 5.74. The molecule has 3 aromatic heterocycles. The Labute approximate surface area is 363 Å². The Bertz CT molecular complexity index is 3410. The molecule has 0 aliphatic heterocycles. The molecule has 0 radical (unpaired) electrons. The standard InChI is InChI=1S/C57H36N4S/c1-4-17-37(18-5-1)42-23-10-11-26-48(42)55-59-54(60-56(61-55)51-34-32-39(36-58-51)43-27-16-28-47-46-25-13-15-30-52(46)62-53(43)47)38-31-33-45-44-24-12-14-29-49(44)57(50(45)35-38,40-19-6-2-7-20-40)41-21-8-3-9-22-41/h1-36H. The summed E-state index contributed by atoms with van der Waals surface area (Å²) in [5, 5.41) is 2.54. The summed E-state index contributed by atoms with van der Waals surface area (Å²) >= 11 is 1.82. The Morgan fingerprint density at radius 3 is 1.69 bits per heavy atom. The minimum atomic E-state index is -0.558. The number of hydrogen-bond acceptors (Lipinski definition) is 5. The summed E-state index contributed by atoms with van der Waals surface area (Å²) in [4.78, 5) is 20.9. The second-order valence-corrected chi connectivity index (χ2v) is 16.8. The predicted octanol–water partition coefficient (Wildman–Crippen LogP) is 14.3. The molecular weight excluding hydrogens is 773 g/mol. The maximum atomic E-state index is 5.32. The van der Waals surface area contributed by atoms with Crippen molar-refractivity contribution >= 4 is 31.5 Å². The van der Waals surface area contributed by atoms with Crippen molar-refractivity contribution in [3.8, 4) is 67.7 Å². The maximum absolute atomic E-state index is 5.32. The molecule has 0 saturated carbocycles. The highest BCUT2D eigenvalue weighted by atomic mass is 32.1. The van der Waals surface area contributed by atoms with E-state index in [1.165, 1.54) is 53.6 Å². The van der Waals surface area contributed by atoms with Gasteiger partial charge in [0.1, 0.15) is 5.69 Å². The van der Waals surface area contributed by atoms with E-state index in [-0.39, 0.29) is 0 Å². The lowest BCUT2D eigenvalue weighted by atomic mass is 9.67. The summed E-state index contributed by atoms with van der Waals surface area (Å²) in [6.45, 7) is 0. The lowest BCUT2D eigenvalue weighted by molar-refractivity contribution is 0.768. The van der Waals surface area contributed by atoms with Crippen molar-refractivity contribution in [1.82, 2.24) is 19.9 Å². The van der Waals surface area contributed by atoms with E-state index in [4.69, 9.17) is 19.9 Å². The number of aromatic nitrogens is 4. The van der Waals surface area contributed by atoms with Gasteiger partial charge in [-0.3, -0.25) is 4.98 Å². The summed E-state index contributed by atoms with van der Waals surface area (Å²) in [5.74, 6) is 1.69. The number of pyridine rings is 1. The van der Waals surface area contributed by atoms with Crippen LogP contribution in [0.15, 0.2) is 219 Å². The lowest BCUT2D eigenvalue weighted by Gasteiger charge is -2.34. The first-order valence-corrected chi connectivity index (χ1v) is 21.7. The molecule has 0 bridgehead atoms. The van der Waals surface area contributed by atoms with Gasteiger partial charge < -0.3 is 0 Å². The summed E-state index contributed by atoms with van der Waals surface area (Å²) in [6, 6.07) is 75.4. The zero-order valence-corrected chi connectivity index (χ0v) is 34.3. The fourth-order valence-corrected chi connectivity index (χ4v) is 10.8. The monoisotopic (exact) mass is 808 g/mol. The zero-order chi connectivity index (χ0) is 41.0. The van der Waals surface area contributed by atoms with E-state index in [0.717, 1.165) is 33.4 Å². The average Bonchev–Trinajstić information content (AvgIpc) is 3.89. The zero-order valence-electron chi connectivity index (χ0n) is 33.5. The highest BCUT2D eigenvalue weighted by Crippen LogP contribution is 2.56. The van der Waals surface area contributed by atoms with Gasteiger partial charge in [0.05, 0.1) is 5.41 Å². The molecule has 0 N–H and O–H groups in total. The van der Waals surface area contributed by atoms with Gasteiger partial charge in [0.2, 0.25) is 0 Å². The van der Waals surface area contributed by atoms with Gasteiger partial charge in [-0.1, -0.05) is 194 Å². The largest absolute Gasteiger partial charge is 0.252 e. The van der Waals surface area contributed by atoms with Gasteiger partial charge in [-0.2, -0.15) is 0 Å². The van der Waals surface area contributed by atoms with Crippen molar-refractivity contribution in [2.75, 3.05) is 0 Å². The molecule has 0 spiro atoms. The van der Waals surface area contributed by atoms with Crippen LogP contribution in [0.3, 0.4) is 0 Å². The molecule has 0 saturated heterocycles. The first-order valence-electron chi connectivity index (χ1n) is 20.9. The fourth-order valence-electron chi connectivity index (χ4n) is 9.53. The van der Waals surface area contributed by atoms with Crippen LogP contribution in [0.1, 0.15) is 22.3 Å². The van der Waals surface area contributed by atoms with Gasteiger partial charge >= 0.3 is 0 Å². The van der Waals surface area contributed by atoms with Crippen molar-refractivity contribution in [2.24, 2.45) is 0 Å². The first kappa shape index (κ1) is 36.0. The van der Waals surface area contributed by atoms with Crippen LogP contribution >= 0.6 is 11.3 Å². The Kier molecular flexibility index (Phi) is 8.54. The number of hydrogen-bond donors (Lipinski definition) is 0. The molecule has 8 aromatic carbocycles. The van der Waals surface area contributed by atoms with Gasteiger partial charge in [0.15, 0.2) is 17.5 Å². The Hall–Kier alpha value is -7.86. The molecule has 0 amide bonds. The SMILES string of the molecule is c1ccc(-c2ccccc2-c2nc(-c3ccc4c(c3)C(c3ccccc3)(c3ccccc3)c3ccccc3-4)nc(-c3ccc(-c4cccc5c4sc4ccccc45)cn3)n2)cc1. The molecule has 1 aliphatic rings. The highest BCUT2D eigenvalue weighted by Gasteiger charge is 2.46. The van der Waals surface area contributed by atoms with Gasteiger partial charge in [-0.05, 0) is 62.7 Å². The molecule has 5 heteroatoms. The Balaban J connectivity index is 1.05. The van der Waals surface area contributed by atoms with Crippen LogP contribution in [0.4, 0.5) is 0 Å². The molecule has 12 rings (SSSR count). The number of thiophene rings is 1. The smallest absolute Gasteiger partial charge is 0.182 e. The van der Waals surface area contributed by atoms with Crippen molar-refractivity contribution < 1.29 is 0 Å². The predicted molar refractivity (Wildman–Crippen MR) is 255 cm³/mol. The van der Waals surface area contributed by atoms with Crippen LogP contribution in [0, 0.1) is 0 Å². The molecule has 62 heavy (non-hydrogen) atoms. The quantitative estimate of drug-likeness (QED) is 0.161. The fraction of sp³-hybridized carbons (Fsp3) is 0.0175. The molecule has 11 aromatic rings. The van der Waals surface area contributed by atoms with Gasteiger partial charge in [-0.15, -0.1) is 11.3 Å². The van der Waals surface area contributed by atoms with Crippen molar-refractivity contribution in [1.29, 1.82) is 0 Å². The molecule has 4 nitrogen and oxygen atoms in total. The van der Waals surface area contributed by atoms with Crippen molar-refractivity contribution in [3.63, 3.8) is 0 Å². The minimum Gasteiger partial charge on any atom is -0.252 e. The third-order valence-corrected chi connectivity index (χ3v) is 13.5. The normalized spacial score (nSPS) is 12.6. The molecule has 1 aliphatic carbocycles. The van der Waals surface area contributed by atoms with E-state index in [9.17, 15) is 0 Å². The van der Waals surface area contributed by atoms with Crippen LogP contribution < -0.4 is 0 Å². The molecule has 3 heterocycles. The van der Waals surface area contributed by atoms with Crippen molar-refractivity contribution in [3.05, 3.63) is 241 Å². The van der Waals surface area contributed by atoms with E-state index < -0.39 is 5.41 Å². The minimum absolute atomic E-state index is 0.514. The summed E-state index contributed by atoms with van der Waals surface area (Å²) in [5.41, 5.74) is 13.6. The molecule has 290 valence electrons. The first-order chi connectivity index (χ1) is 30.7. The summed E-state index contributed by atoms with van der Waals surface area (Å²) < 4.78 is 2.53. The topological polar surface area (TPSA) is 51.6 Å². The van der Waals surface area contributed by atoms with Crippen LogP contribution in [0.5, 0.6) is 0 Å². The third-order valence-electron chi connectivity index (χ3n) is 12.3. The number of fused-ring (bicyclic) bond motifs is 6. The van der Waals surface area contributed by atoms with Crippen molar-refractivity contribution in [2.45, 2.75) is 5.41 Å². The summed E-state index contributed by atoms with van der Waals surface area (Å²) in [6.07, 6.45) is 1.95. The molecule has 0 atom stereocenters. The van der Waals surface area contributed by atoms with Gasteiger partial charge in [0, 0.05) is 48.6 Å². The highest BCUT2D eigenvalue weighted by molar-refractivity contribution is 7.26. The van der Waals surface area contributed by atoms with E-state index in [2.05, 4.69) is 194 Å². The van der Waals surface area contributed by atoms with E-state index in [1.54, 1.807) is 0 Å².